The smallest absolute Gasteiger partial charge is 0.432 e. The van der Waals surface area contributed by atoms with Crippen LogP contribution in [-0.2, 0) is 16.0 Å². The second-order valence-electron chi connectivity index (χ2n) is 5.91. The molecule has 2 amide bonds. The second-order valence-corrected chi connectivity index (χ2v) is 5.91. The van der Waals surface area contributed by atoms with Crippen LogP contribution in [0.25, 0.3) is 0 Å². The van der Waals surface area contributed by atoms with Gasteiger partial charge in [0.15, 0.2) is 0 Å². The fraction of sp³-hybridized carbons (Fsp3) is 0.500. The summed E-state index contributed by atoms with van der Waals surface area (Å²) in [6.45, 7) is 5.26. The van der Waals surface area contributed by atoms with Gasteiger partial charge >= 0.3 is 6.09 Å². The first-order valence-electron chi connectivity index (χ1n) is 7.24. The van der Waals surface area contributed by atoms with E-state index in [0.717, 1.165) is 10.6 Å². The van der Waals surface area contributed by atoms with E-state index in [1.54, 1.807) is 27.8 Å². The van der Waals surface area contributed by atoms with Crippen molar-refractivity contribution < 1.29 is 14.3 Å². The van der Waals surface area contributed by atoms with Crippen molar-refractivity contribution in [3.63, 3.8) is 0 Å². The summed E-state index contributed by atoms with van der Waals surface area (Å²) in [5, 5.41) is 3.84. The van der Waals surface area contributed by atoms with Crippen molar-refractivity contribution in [1.29, 1.82) is 0 Å². The minimum absolute atomic E-state index is 0.386. The monoisotopic (exact) mass is 307 g/mol. The van der Waals surface area contributed by atoms with Crippen LogP contribution in [0.5, 0.6) is 0 Å². The maximum absolute atomic E-state index is 12.5. The Morgan fingerprint density at radius 1 is 1.18 bits per heavy atom. The SMILES string of the molecule is CN[C@H](Cc1ccccc1)C(=O)N(NC)C(=O)OC(C)(C)C. The van der Waals surface area contributed by atoms with Crippen molar-refractivity contribution in [3.8, 4) is 0 Å². The molecule has 1 atom stereocenters. The van der Waals surface area contributed by atoms with Crippen LogP contribution in [0.2, 0.25) is 0 Å². The van der Waals surface area contributed by atoms with Crippen molar-refractivity contribution >= 4 is 12.0 Å². The third-order valence-corrected chi connectivity index (χ3v) is 2.95. The average molecular weight is 307 g/mol. The first kappa shape index (κ1) is 18.1. The number of hydrogen-bond acceptors (Lipinski definition) is 5. The first-order chi connectivity index (χ1) is 10.3. The summed E-state index contributed by atoms with van der Waals surface area (Å²) in [5.74, 6) is -0.386. The molecule has 1 aromatic carbocycles. The molecule has 22 heavy (non-hydrogen) atoms. The highest BCUT2D eigenvalue weighted by Crippen LogP contribution is 2.11. The first-order valence-corrected chi connectivity index (χ1v) is 7.24. The number of hydrazine groups is 1. The third-order valence-electron chi connectivity index (χ3n) is 2.95. The van der Waals surface area contributed by atoms with E-state index in [1.807, 2.05) is 30.3 Å². The summed E-state index contributed by atoms with van der Waals surface area (Å²) >= 11 is 0. The van der Waals surface area contributed by atoms with Gasteiger partial charge in [0.2, 0.25) is 0 Å². The molecule has 0 aliphatic heterocycles. The Hall–Kier alpha value is -1.92. The molecule has 6 nitrogen and oxygen atoms in total. The average Bonchev–Trinajstić information content (AvgIpc) is 2.44. The molecule has 6 heteroatoms. The molecular formula is C16H25N3O3. The minimum Gasteiger partial charge on any atom is -0.442 e. The summed E-state index contributed by atoms with van der Waals surface area (Å²) in [6, 6.07) is 9.10. The predicted octanol–water partition coefficient (Wildman–Crippen LogP) is 1.72. The molecule has 0 aliphatic carbocycles. The third kappa shape index (κ3) is 5.46. The zero-order valence-electron chi connectivity index (χ0n) is 13.8. The van der Waals surface area contributed by atoms with Gasteiger partial charge in [-0.25, -0.2) is 10.2 Å². The molecule has 0 aliphatic rings. The van der Waals surface area contributed by atoms with E-state index < -0.39 is 17.7 Å². The molecule has 0 spiro atoms. The maximum atomic E-state index is 12.5. The van der Waals surface area contributed by atoms with Gasteiger partial charge in [-0.2, -0.15) is 5.01 Å². The lowest BCUT2D eigenvalue weighted by Crippen LogP contribution is -2.54. The molecule has 1 aromatic rings. The minimum atomic E-state index is -0.715. The summed E-state index contributed by atoms with van der Waals surface area (Å²) in [4.78, 5) is 24.6. The number of amides is 2. The van der Waals surface area contributed by atoms with Gasteiger partial charge in [0, 0.05) is 7.05 Å². The van der Waals surface area contributed by atoms with Crippen LogP contribution in [0, 0.1) is 0 Å². The van der Waals surface area contributed by atoms with Crippen molar-refractivity contribution in [2.24, 2.45) is 0 Å². The Balaban J connectivity index is 2.81. The lowest BCUT2D eigenvalue weighted by molar-refractivity contribution is -0.135. The number of hydrogen-bond donors (Lipinski definition) is 2. The standard InChI is InChI=1S/C16H25N3O3/c1-16(2,3)22-15(21)19(18-5)14(20)13(17-4)11-12-9-7-6-8-10-12/h6-10,13,17-18H,11H2,1-5H3/t13-/m1/s1. The van der Waals surface area contributed by atoms with Crippen LogP contribution in [0.1, 0.15) is 26.3 Å². The molecule has 0 saturated carbocycles. The van der Waals surface area contributed by atoms with Gasteiger partial charge < -0.3 is 10.1 Å². The highest BCUT2D eigenvalue weighted by Gasteiger charge is 2.31. The van der Waals surface area contributed by atoms with E-state index in [2.05, 4.69) is 10.7 Å². The number of ether oxygens (including phenoxy) is 1. The Labute approximate surface area is 131 Å². The molecule has 122 valence electrons. The van der Waals surface area contributed by atoms with Crippen LogP contribution < -0.4 is 10.7 Å². The number of carbonyl (C=O) groups is 2. The fourth-order valence-electron chi connectivity index (χ4n) is 1.92. The largest absolute Gasteiger partial charge is 0.442 e. The van der Waals surface area contributed by atoms with Gasteiger partial charge in [0.25, 0.3) is 5.91 Å². The van der Waals surface area contributed by atoms with Crippen LogP contribution in [0.3, 0.4) is 0 Å². The van der Waals surface area contributed by atoms with E-state index in [0.29, 0.717) is 6.42 Å². The van der Waals surface area contributed by atoms with Gasteiger partial charge in [-0.3, -0.25) is 4.79 Å². The quantitative estimate of drug-likeness (QED) is 0.811. The lowest BCUT2D eigenvalue weighted by Gasteiger charge is -2.27. The molecule has 0 fully saturated rings. The zero-order chi connectivity index (χ0) is 16.8. The Kier molecular flexibility index (Phi) is 6.52. The summed E-state index contributed by atoms with van der Waals surface area (Å²) in [7, 11) is 3.20. The molecule has 2 N–H and O–H groups in total. The fourth-order valence-corrected chi connectivity index (χ4v) is 1.92. The predicted molar refractivity (Wildman–Crippen MR) is 85.1 cm³/mol. The van der Waals surface area contributed by atoms with Crippen LogP contribution in [0.15, 0.2) is 30.3 Å². The molecule has 0 saturated heterocycles. The number of imide groups is 1. The molecule has 0 radical (unpaired) electrons. The van der Waals surface area contributed by atoms with Gasteiger partial charge in [0.05, 0.1) is 6.04 Å². The topological polar surface area (TPSA) is 70.7 Å². The Morgan fingerprint density at radius 2 is 1.77 bits per heavy atom. The molecule has 0 aromatic heterocycles. The van der Waals surface area contributed by atoms with Gasteiger partial charge in [-0.05, 0) is 39.8 Å². The van der Waals surface area contributed by atoms with Crippen molar-refractivity contribution in [3.05, 3.63) is 35.9 Å². The number of nitrogens with zero attached hydrogens (tertiary/aromatic N) is 1. The number of likely N-dealkylation sites (N-methyl/N-ethyl adjacent to an activating group) is 1. The molecular weight excluding hydrogens is 282 g/mol. The van der Waals surface area contributed by atoms with Crippen LogP contribution in [-0.4, -0.2) is 42.7 Å². The number of benzene rings is 1. The second kappa shape index (κ2) is 7.91. The van der Waals surface area contributed by atoms with E-state index in [-0.39, 0.29) is 5.91 Å². The summed E-state index contributed by atoms with van der Waals surface area (Å²) in [5.41, 5.74) is 2.94. The normalized spacial score (nSPS) is 12.6. The molecule has 0 bridgehead atoms. The van der Waals surface area contributed by atoms with Crippen LogP contribution in [0.4, 0.5) is 4.79 Å². The van der Waals surface area contributed by atoms with Gasteiger partial charge in [-0.1, -0.05) is 30.3 Å². The Morgan fingerprint density at radius 3 is 2.23 bits per heavy atom. The highest BCUT2D eigenvalue weighted by molar-refractivity contribution is 5.94. The van der Waals surface area contributed by atoms with Crippen molar-refractivity contribution in [2.75, 3.05) is 14.1 Å². The highest BCUT2D eigenvalue weighted by atomic mass is 16.6. The van der Waals surface area contributed by atoms with E-state index in [9.17, 15) is 9.59 Å². The Bertz CT molecular complexity index is 497. The number of carbonyl (C=O) groups excluding carboxylic acids is 2. The van der Waals surface area contributed by atoms with E-state index in [1.165, 1.54) is 7.05 Å². The zero-order valence-corrected chi connectivity index (χ0v) is 13.8. The van der Waals surface area contributed by atoms with Crippen LogP contribution >= 0.6 is 0 Å². The summed E-state index contributed by atoms with van der Waals surface area (Å²) < 4.78 is 5.23. The molecule has 0 unspecified atom stereocenters. The van der Waals surface area contributed by atoms with Crippen molar-refractivity contribution in [2.45, 2.75) is 38.8 Å². The van der Waals surface area contributed by atoms with E-state index >= 15 is 0 Å². The maximum Gasteiger partial charge on any atom is 0.432 e. The lowest BCUT2D eigenvalue weighted by atomic mass is 10.1. The number of rotatable bonds is 5. The van der Waals surface area contributed by atoms with Crippen molar-refractivity contribution in [1.82, 2.24) is 15.8 Å². The molecule has 0 heterocycles. The summed E-state index contributed by atoms with van der Waals surface area (Å²) in [6.07, 6.45) is -0.231. The van der Waals surface area contributed by atoms with Gasteiger partial charge in [0.1, 0.15) is 5.60 Å². The van der Waals surface area contributed by atoms with Gasteiger partial charge in [-0.15, -0.1) is 0 Å². The molecule has 1 rings (SSSR count). The number of nitrogens with one attached hydrogen (secondary N) is 2. The van der Waals surface area contributed by atoms with E-state index in [4.69, 9.17) is 4.74 Å².